The standard InChI is InChI=1S/C14H13BrN2O2/c1-18-12-5-9-3-4-17-14(10(7-15)8-16)11(9)6-13(12)19-2/h3-6,10H,7H2,1-2H3. The summed E-state index contributed by atoms with van der Waals surface area (Å²) in [4.78, 5) is 4.33. The molecular formula is C14H13BrN2O2. The van der Waals surface area contributed by atoms with Gasteiger partial charge in [0.05, 0.1) is 31.9 Å². The van der Waals surface area contributed by atoms with Crippen molar-refractivity contribution in [3.05, 3.63) is 30.1 Å². The third-order valence-corrected chi connectivity index (χ3v) is 3.59. The van der Waals surface area contributed by atoms with Gasteiger partial charge in [0, 0.05) is 16.9 Å². The predicted molar refractivity (Wildman–Crippen MR) is 77.0 cm³/mol. The molecule has 4 nitrogen and oxygen atoms in total. The number of methoxy groups -OCH3 is 2. The SMILES string of the molecule is COc1cc2ccnc(C(C#N)CBr)c2cc1OC. The topological polar surface area (TPSA) is 55.1 Å². The van der Waals surface area contributed by atoms with E-state index < -0.39 is 0 Å². The van der Waals surface area contributed by atoms with Crippen LogP contribution in [0.1, 0.15) is 11.6 Å². The maximum absolute atomic E-state index is 9.19. The molecule has 2 rings (SSSR count). The molecule has 0 N–H and O–H groups in total. The molecule has 19 heavy (non-hydrogen) atoms. The van der Waals surface area contributed by atoms with Crippen LogP contribution in [0.25, 0.3) is 10.8 Å². The van der Waals surface area contributed by atoms with E-state index in [-0.39, 0.29) is 5.92 Å². The van der Waals surface area contributed by atoms with Crippen molar-refractivity contribution in [3.8, 4) is 17.6 Å². The predicted octanol–water partition coefficient (Wildman–Crippen LogP) is 3.25. The quantitative estimate of drug-likeness (QED) is 0.811. The number of pyridine rings is 1. The molecule has 1 aromatic carbocycles. The lowest BCUT2D eigenvalue weighted by Gasteiger charge is -2.12. The largest absolute Gasteiger partial charge is 0.493 e. The number of halogens is 1. The lowest BCUT2D eigenvalue weighted by atomic mass is 10.0. The molecule has 98 valence electrons. The number of benzene rings is 1. The Morgan fingerprint density at radius 1 is 1.32 bits per heavy atom. The Balaban J connectivity index is 2.71. The third-order valence-electron chi connectivity index (χ3n) is 2.94. The van der Waals surface area contributed by atoms with E-state index in [0.717, 1.165) is 16.5 Å². The van der Waals surface area contributed by atoms with Crippen molar-refractivity contribution >= 4 is 26.7 Å². The summed E-state index contributed by atoms with van der Waals surface area (Å²) in [5, 5.41) is 11.6. The van der Waals surface area contributed by atoms with Crippen LogP contribution in [0.3, 0.4) is 0 Å². The molecule has 0 saturated carbocycles. The first-order valence-corrected chi connectivity index (χ1v) is 6.83. The van der Waals surface area contributed by atoms with Gasteiger partial charge in [0.25, 0.3) is 0 Å². The maximum Gasteiger partial charge on any atom is 0.161 e. The molecule has 0 saturated heterocycles. The normalized spacial score (nSPS) is 11.9. The molecule has 0 amide bonds. The molecule has 1 atom stereocenters. The zero-order valence-electron chi connectivity index (χ0n) is 10.7. The summed E-state index contributed by atoms with van der Waals surface area (Å²) in [6.45, 7) is 0. The molecule has 0 bridgehead atoms. The van der Waals surface area contributed by atoms with Crippen LogP contribution in [-0.4, -0.2) is 24.5 Å². The number of alkyl halides is 1. The van der Waals surface area contributed by atoms with Crippen LogP contribution in [0.2, 0.25) is 0 Å². The van der Waals surface area contributed by atoms with Gasteiger partial charge in [0.2, 0.25) is 0 Å². The van der Waals surface area contributed by atoms with Crippen LogP contribution in [0, 0.1) is 11.3 Å². The van der Waals surface area contributed by atoms with Gasteiger partial charge in [-0.15, -0.1) is 0 Å². The second-order valence-electron chi connectivity index (χ2n) is 3.96. The van der Waals surface area contributed by atoms with E-state index >= 15 is 0 Å². The summed E-state index contributed by atoms with van der Waals surface area (Å²) in [6.07, 6.45) is 1.70. The first-order valence-electron chi connectivity index (χ1n) is 5.71. The highest BCUT2D eigenvalue weighted by atomic mass is 79.9. The first-order chi connectivity index (χ1) is 9.24. The fraction of sp³-hybridized carbons (Fsp3) is 0.286. The number of ether oxygens (including phenoxy) is 2. The van der Waals surface area contributed by atoms with E-state index in [2.05, 4.69) is 27.0 Å². The van der Waals surface area contributed by atoms with Crippen molar-refractivity contribution in [3.63, 3.8) is 0 Å². The fourth-order valence-corrected chi connectivity index (χ4v) is 2.42. The van der Waals surface area contributed by atoms with Gasteiger partial charge >= 0.3 is 0 Å². The van der Waals surface area contributed by atoms with Gasteiger partial charge in [-0.1, -0.05) is 15.9 Å². The van der Waals surface area contributed by atoms with Crippen molar-refractivity contribution < 1.29 is 9.47 Å². The lowest BCUT2D eigenvalue weighted by Crippen LogP contribution is -2.01. The average molecular weight is 321 g/mol. The fourth-order valence-electron chi connectivity index (χ4n) is 1.97. The minimum atomic E-state index is -0.290. The minimum absolute atomic E-state index is 0.290. The van der Waals surface area contributed by atoms with Gasteiger partial charge in [-0.3, -0.25) is 4.98 Å². The number of hydrogen-bond acceptors (Lipinski definition) is 4. The number of fused-ring (bicyclic) bond motifs is 1. The summed E-state index contributed by atoms with van der Waals surface area (Å²) in [6, 6.07) is 7.89. The van der Waals surface area contributed by atoms with E-state index in [9.17, 15) is 5.26 Å². The number of aromatic nitrogens is 1. The zero-order chi connectivity index (χ0) is 13.8. The number of nitrogens with zero attached hydrogens (tertiary/aromatic N) is 2. The first kappa shape index (κ1) is 13.6. The van der Waals surface area contributed by atoms with Crippen molar-refractivity contribution in [2.24, 2.45) is 0 Å². The molecule has 1 heterocycles. The highest BCUT2D eigenvalue weighted by Gasteiger charge is 2.16. The molecule has 1 aromatic heterocycles. The Kier molecular flexibility index (Phi) is 4.23. The Labute approximate surface area is 120 Å². The lowest BCUT2D eigenvalue weighted by molar-refractivity contribution is 0.356. The second-order valence-corrected chi connectivity index (χ2v) is 4.61. The smallest absolute Gasteiger partial charge is 0.161 e. The van der Waals surface area contributed by atoms with E-state index in [1.165, 1.54) is 0 Å². The molecule has 0 aliphatic carbocycles. The minimum Gasteiger partial charge on any atom is -0.493 e. The van der Waals surface area contributed by atoms with Crippen molar-refractivity contribution in [1.82, 2.24) is 4.98 Å². The number of nitriles is 1. The van der Waals surface area contributed by atoms with Gasteiger partial charge in [-0.25, -0.2) is 0 Å². The van der Waals surface area contributed by atoms with Gasteiger partial charge in [-0.05, 0) is 23.6 Å². The van der Waals surface area contributed by atoms with Crippen LogP contribution in [0.5, 0.6) is 11.5 Å². The van der Waals surface area contributed by atoms with Crippen LogP contribution < -0.4 is 9.47 Å². The monoisotopic (exact) mass is 320 g/mol. The molecule has 0 fully saturated rings. The van der Waals surface area contributed by atoms with Crippen molar-refractivity contribution in [1.29, 1.82) is 5.26 Å². The van der Waals surface area contributed by atoms with E-state index in [1.807, 2.05) is 18.2 Å². The molecule has 5 heteroatoms. The van der Waals surface area contributed by atoms with Crippen molar-refractivity contribution in [2.75, 3.05) is 19.5 Å². The number of hydrogen-bond donors (Lipinski definition) is 0. The molecule has 2 aromatic rings. The summed E-state index contributed by atoms with van der Waals surface area (Å²) in [7, 11) is 3.19. The van der Waals surface area contributed by atoms with Crippen molar-refractivity contribution in [2.45, 2.75) is 5.92 Å². The Hall–Kier alpha value is -1.80. The summed E-state index contributed by atoms with van der Waals surface area (Å²) in [5.74, 6) is 1.01. The van der Waals surface area contributed by atoms with E-state index in [0.29, 0.717) is 16.8 Å². The average Bonchev–Trinajstić information content (AvgIpc) is 2.47. The summed E-state index contributed by atoms with van der Waals surface area (Å²) >= 11 is 3.34. The van der Waals surface area contributed by atoms with E-state index in [4.69, 9.17) is 9.47 Å². The molecule has 0 aliphatic heterocycles. The Bertz CT molecular complexity index is 637. The van der Waals surface area contributed by atoms with Crippen LogP contribution >= 0.6 is 15.9 Å². The molecule has 0 radical (unpaired) electrons. The summed E-state index contributed by atoms with van der Waals surface area (Å²) in [5.41, 5.74) is 0.748. The zero-order valence-corrected chi connectivity index (χ0v) is 12.3. The van der Waals surface area contributed by atoms with Crippen LogP contribution in [0.4, 0.5) is 0 Å². The van der Waals surface area contributed by atoms with Gasteiger partial charge in [0.15, 0.2) is 11.5 Å². The third kappa shape index (κ3) is 2.49. The maximum atomic E-state index is 9.19. The molecule has 1 unspecified atom stereocenters. The number of rotatable bonds is 4. The Morgan fingerprint density at radius 3 is 2.58 bits per heavy atom. The molecule has 0 spiro atoms. The highest BCUT2D eigenvalue weighted by molar-refractivity contribution is 9.09. The molecule has 0 aliphatic rings. The van der Waals surface area contributed by atoms with Gasteiger partial charge < -0.3 is 9.47 Å². The van der Waals surface area contributed by atoms with Crippen LogP contribution in [0.15, 0.2) is 24.4 Å². The van der Waals surface area contributed by atoms with Gasteiger partial charge in [-0.2, -0.15) is 5.26 Å². The Morgan fingerprint density at radius 2 is 2.00 bits per heavy atom. The summed E-state index contributed by atoms with van der Waals surface area (Å²) < 4.78 is 10.6. The van der Waals surface area contributed by atoms with Crippen LogP contribution in [-0.2, 0) is 0 Å². The van der Waals surface area contributed by atoms with E-state index in [1.54, 1.807) is 20.4 Å². The molecular weight excluding hydrogens is 308 g/mol. The highest BCUT2D eigenvalue weighted by Crippen LogP contribution is 2.35. The van der Waals surface area contributed by atoms with Gasteiger partial charge in [0.1, 0.15) is 0 Å². The second kappa shape index (κ2) is 5.89.